The molecule has 17 heavy (non-hydrogen) atoms. The van der Waals surface area contributed by atoms with Gasteiger partial charge in [-0.1, -0.05) is 0 Å². The Morgan fingerprint density at radius 2 is 1.76 bits per heavy atom. The molecule has 0 heterocycles. The van der Waals surface area contributed by atoms with E-state index in [0.717, 1.165) is 0 Å². The number of aliphatic hydroxyl groups is 1. The molecule has 6 heteroatoms. The third kappa shape index (κ3) is 3.19. The van der Waals surface area contributed by atoms with Crippen molar-refractivity contribution in [2.24, 2.45) is 11.7 Å². The van der Waals surface area contributed by atoms with E-state index in [1.807, 2.05) is 0 Å². The summed E-state index contributed by atoms with van der Waals surface area (Å²) in [7, 11) is -3.53. The van der Waals surface area contributed by atoms with Gasteiger partial charge in [-0.25, -0.2) is 8.42 Å². The molecule has 1 rings (SSSR count). The third-order valence-corrected chi connectivity index (χ3v) is 6.31. The van der Waals surface area contributed by atoms with Gasteiger partial charge in [-0.05, 0) is 45.4 Å². The van der Waals surface area contributed by atoms with Gasteiger partial charge in [-0.3, -0.25) is 4.79 Å². The lowest BCUT2D eigenvalue weighted by atomic mass is 9.89. The van der Waals surface area contributed by atoms with Crippen molar-refractivity contribution >= 4 is 15.7 Å². The number of amides is 1. The van der Waals surface area contributed by atoms with E-state index >= 15 is 0 Å². The molecule has 0 bridgehead atoms. The lowest BCUT2D eigenvalue weighted by molar-refractivity contribution is -0.119. The van der Waals surface area contributed by atoms with Crippen molar-refractivity contribution in [2.45, 2.75) is 50.4 Å². The monoisotopic (exact) mass is 263 g/mol. The smallest absolute Gasteiger partial charge is 0.238 e. The molecule has 1 saturated carbocycles. The van der Waals surface area contributed by atoms with Crippen molar-refractivity contribution in [3.63, 3.8) is 0 Å². The third-order valence-electron chi connectivity index (χ3n) is 3.64. The summed E-state index contributed by atoms with van der Waals surface area (Å²) >= 11 is 0. The van der Waals surface area contributed by atoms with Gasteiger partial charge < -0.3 is 10.8 Å². The maximum atomic E-state index is 12.1. The molecule has 0 spiro atoms. The van der Waals surface area contributed by atoms with Crippen LogP contribution in [0.4, 0.5) is 0 Å². The van der Waals surface area contributed by atoms with E-state index in [9.17, 15) is 18.3 Å². The van der Waals surface area contributed by atoms with E-state index in [4.69, 9.17) is 5.73 Å². The number of aliphatic hydroxyl groups excluding tert-OH is 1. The molecule has 0 saturated heterocycles. The number of primary amides is 1. The number of carbonyl (C=O) groups excluding carboxylic acids is 1. The van der Waals surface area contributed by atoms with Crippen molar-refractivity contribution in [1.82, 2.24) is 0 Å². The maximum Gasteiger partial charge on any atom is 0.238 e. The van der Waals surface area contributed by atoms with Gasteiger partial charge in [-0.2, -0.15) is 0 Å². The summed E-state index contributed by atoms with van der Waals surface area (Å²) in [5.41, 5.74) is 5.13. The summed E-state index contributed by atoms with van der Waals surface area (Å²) in [6.45, 7) is 2.70. The highest BCUT2D eigenvalue weighted by atomic mass is 32.2. The van der Waals surface area contributed by atoms with E-state index in [1.165, 1.54) is 13.8 Å². The van der Waals surface area contributed by atoms with Crippen LogP contribution < -0.4 is 5.73 Å². The highest BCUT2D eigenvalue weighted by molar-refractivity contribution is 7.93. The van der Waals surface area contributed by atoms with Gasteiger partial charge in [0.25, 0.3) is 0 Å². The van der Waals surface area contributed by atoms with Gasteiger partial charge in [0.05, 0.1) is 11.9 Å². The SMILES string of the molecule is CC(C)(C(N)=O)S(=O)(=O)CC1CCC(O)CC1. The Kier molecular flexibility index (Phi) is 4.19. The van der Waals surface area contributed by atoms with Crippen LogP contribution in [0.15, 0.2) is 0 Å². The molecule has 0 aromatic heterocycles. The number of sulfone groups is 1. The van der Waals surface area contributed by atoms with E-state index in [1.54, 1.807) is 0 Å². The Morgan fingerprint density at radius 1 is 1.29 bits per heavy atom. The second-order valence-corrected chi connectivity index (χ2v) is 7.91. The average Bonchev–Trinajstić information content (AvgIpc) is 2.20. The topological polar surface area (TPSA) is 97.5 Å². The zero-order valence-corrected chi connectivity index (χ0v) is 11.2. The fourth-order valence-electron chi connectivity index (χ4n) is 1.98. The lowest BCUT2D eigenvalue weighted by Crippen LogP contribution is -2.47. The molecule has 1 fully saturated rings. The number of hydrogen-bond acceptors (Lipinski definition) is 4. The first-order chi connectivity index (χ1) is 7.67. The molecular formula is C11H21NO4S. The molecule has 0 aromatic carbocycles. The normalized spacial score (nSPS) is 26.8. The summed E-state index contributed by atoms with van der Waals surface area (Å²) in [6, 6.07) is 0. The van der Waals surface area contributed by atoms with E-state index in [2.05, 4.69) is 0 Å². The van der Waals surface area contributed by atoms with Gasteiger partial charge in [0.15, 0.2) is 9.84 Å². The van der Waals surface area contributed by atoms with Crippen molar-refractivity contribution in [3.05, 3.63) is 0 Å². The molecule has 0 radical (unpaired) electrons. The van der Waals surface area contributed by atoms with Gasteiger partial charge in [0.2, 0.25) is 5.91 Å². The Balaban J connectivity index is 2.71. The second-order valence-electron chi connectivity index (χ2n) is 5.33. The minimum atomic E-state index is -3.53. The highest BCUT2D eigenvalue weighted by Gasteiger charge is 2.41. The van der Waals surface area contributed by atoms with Gasteiger partial charge in [0.1, 0.15) is 4.75 Å². The lowest BCUT2D eigenvalue weighted by Gasteiger charge is -2.28. The molecule has 5 nitrogen and oxygen atoms in total. The van der Waals surface area contributed by atoms with Crippen LogP contribution in [0.3, 0.4) is 0 Å². The minimum absolute atomic E-state index is 0.0182. The van der Waals surface area contributed by atoms with Gasteiger partial charge >= 0.3 is 0 Å². The zero-order valence-electron chi connectivity index (χ0n) is 10.3. The van der Waals surface area contributed by atoms with Crippen LogP contribution in [0.5, 0.6) is 0 Å². The first-order valence-corrected chi connectivity index (χ1v) is 7.52. The fourth-order valence-corrected chi connectivity index (χ4v) is 3.66. The number of nitrogens with two attached hydrogens (primary N) is 1. The average molecular weight is 263 g/mol. The van der Waals surface area contributed by atoms with Crippen molar-refractivity contribution in [2.75, 3.05) is 5.75 Å². The fraction of sp³-hybridized carbons (Fsp3) is 0.909. The van der Waals surface area contributed by atoms with Crippen LogP contribution in [0.25, 0.3) is 0 Å². The molecular weight excluding hydrogens is 242 g/mol. The summed E-state index contributed by atoms with van der Waals surface area (Å²) in [4.78, 5) is 11.2. The minimum Gasteiger partial charge on any atom is -0.393 e. The zero-order chi connectivity index (χ0) is 13.3. The Bertz CT molecular complexity index is 380. The molecule has 0 unspecified atom stereocenters. The standard InChI is InChI=1S/C11H21NO4S/c1-11(2,10(12)14)17(15,16)7-8-3-5-9(13)6-4-8/h8-9,13H,3-7H2,1-2H3,(H2,12,14). The molecule has 1 amide bonds. The van der Waals surface area contributed by atoms with Crippen molar-refractivity contribution in [3.8, 4) is 0 Å². The first-order valence-electron chi connectivity index (χ1n) is 5.87. The van der Waals surface area contributed by atoms with Crippen LogP contribution in [0, 0.1) is 5.92 Å². The summed E-state index contributed by atoms with van der Waals surface area (Å²) in [6.07, 6.45) is 2.34. The predicted molar refractivity (Wildman–Crippen MR) is 65.0 cm³/mol. The highest BCUT2D eigenvalue weighted by Crippen LogP contribution is 2.28. The Hall–Kier alpha value is -0.620. The van der Waals surface area contributed by atoms with Crippen LogP contribution >= 0.6 is 0 Å². The summed E-state index contributed by atoms with van der Waals surface area (Å²) in [5.74, 6) is -0.800. The first kappa shape index (κ1) is 14.4. The molecule has 1 aliphatic carbocycles. The number of rotatable bonds is 4. The molecule has 0 atom stereocenters. The number of hydrogen-bond donors (Lipinski definition) is 2. The molecule has 1 aliphatic rings. The predicted octanol–water partition coefficient (Wildman–Crippen LogP) is 0.216. The van der Waals surface area contributed by atoms with E-state index in [-0.39, 0.29) is 17.8 Å². The van der Waals surface area contributed by atoms with Crippen LogP contribution in [-0.4, -0.2) is 36.0 Å². The summed E-state index contributed by atoms with van der Waals surface area (Å²) < 4.78 is 22.6. The van der Waals surface area contributed by atoms with Crippen LogP contribution in [-0.2, 0) is 14.6 Å². The molecule has 100 valence electrons. The molecule has 0 aliphatic heterocycles. The second kappa shape index (κ2) is 4.94. The van der Waals surface area contributed by atoms with Crippen LogP contribution in [0.1, 0.15) is 39.5 Å². The Labute approximate surface area is 102 Å². The summed E-state index contributed by atoms with van der Waals surface area (Å²) in [5, 5.41) is 9.35. The molecule has 0 aromatic rings. The van der Waals surface area contributed by atoms with E-state index < -0.39 is 20.5 Å². The van der Waals surface area contributed by atoms with E-state index in [0.29, 0.717) is 25.7 Å². The Morgan fingerprint density at radius 3 is 2.18 bits per heavy atom. The van der Waals surface area contributed by atoms with Crippen molar-refractivity contribution < 1.29 is 18.3 Å². The molecule has 3 N–H and O–H groups in total. The van der Waals surface area contributed by atoms with Crippen LogP contribution in [0.2, 0.25) is 0 Å². The van der Waals surface area contributed by atoms with Crippen molar-refractivity contribution in [1.29, 1.82) is 0 Å². The van der Waals surface area contributed by atoms with Gasteiger partial charge in [0, 0.05) is 0 Å². The quantitative estimate of drug-likeness (QED) is 0.758. The maximum absolute atomic E-state index is 12.1. The number of carbonyl (C=O) groups is 1. The largest absolute Gasteiger partial charge is 0.393 e. The van der Waals surface area contributed by atoms with Gasteiger partial charge in [-0.15, -0.1) is 0 Å².